The number of hydrazine groups is 1. The molecule has 3 aromatic rings. The van der Waals surface area contributed by atoms with E-state index in [1.165, 1.54) is 39.5 Å². The summed E-state index contributed by atoms with van der Waals surface area (Å²) in [6, 6.07) is 8.09. The van der Waals surface area contributed by atoms with E-state index in [0.717, 1.165) is 33.1 Å². The van der Waals surface area contributed by atoms with Crippen LogP contribution in [0.25, 0.3) is 0 Å². The highest BCUT2D eigenvalue weighted by molar-refractivity contribution is 6.33. The van der Waals surface area contributed by atoms with Gasteiger partial charge in [-0.05, 0) is 73.7 Å². The summed E-state index contributed by atoms with van der Waals surface area (Å²) in [5.41, 5.74) is -1.83. The molecular formula is C36H30Cl2F4N4O7. The molecule has 0 spiro atoms. The van der Waals surface area contributed by atoms with Crippen LogP contribution in [-0.4, -0.2) is 60.0 Å². The van der Waals surface area contributed by atoms with Gasteiger partial charge in [0.25, 0.3) is 11.8 Å². The molecule has 1 N–H and O–H groups in total. The number of phenolic OH excluding ortho intramolecular Hbond substituents is 1. The molecule has 11 nitrogen and oxygen atoms in total. The highest BCUT2D eigenvalue weighted by Gasteiger charge is 2.68. The molecule has 278 valence electrons. The number of alkyl halides is 3. The number of carbonyl (C=O) groups is 4. The number of pyridine rings is 1. The minimum Gasteiger partial charge on any atom is -0.502 e. The van der Waals surface area contributed by atoms with Crippen LogP contribution in [0.5, 0.6) is 17.2 Å². The maximum atomic E-state index is 14.7. The van der Waals surface area contributed by atoms with Crippen LogP contribution in [0, 0.1) is 34.9 Å². The summed E-state index contributed by atoms with van der Waals surface area (Å²) in [7, 11) is 3.84. The van der Waals surface area contributed by atoms with E-state index in [9.17, 15) is 41.8 Å². The van der Waals surface area contributed by atoms with Gasteiger partial charge in [0.1, 0.15) is 11.5 Å². The molecular weight excluding hydrogens is 747 g/mol. The molecule has 2 aliphatic carbocycles. The summed E-state index contributed by atoms with van der Waals surface area (Å²) in [6.07, 6.45) is -3.14. The lowest BCUT2D eigenvalue weighted by Gasteiger charge is -2.49. The largest absolute Gasteiger partial charge is 0.502 e. The van der Waals surface area contributed by atoms with Gasteiger partial charge < -0.3 is 14.6 Å². The Morgan fingerprint density at radius 3 is 2.21 bits per heavy atom. The molecule has 3 fully saturated rings. The Kier molecular flexibility index (Phi) is 8.68. The first-order valence-electron chi connectivity index (χ1n) is 16.3. The lowest BCUT2D eigenvalue weighted by atomic mass is 9.51. The zero-order valence-electron chi connectivity index (χ0n) is 28.4. The van der Waals surface area contributed by atoms with Crippen molar-refractivity contribution in [3.63, 3.8) is 0 Å². The van der Waals surface area contributed by atoms with Gasteiger partial charge in [-0.1, -0.05) is 34.9 Å². The Hall–Kier alpha value is -4.89. The molecule has 0 bridgehead atoms. The van der Waals surface area contributed by atoms with Crippen LogP contribution in [0.15, 0.2) is 54.1 Å². The van der Waals surface area contributed by atoms with Crippen molar-refractivity contribution < 1.29 is 51.3 Å². The number of anilines is 2. The third-order valence-corrected chi connectivity index (χ3v) is 11.6. The summed E-state index contributed by atoms with van der Waals surface area (Å²) >= 11 is 12.3. The van der Waals surface area contributed by atoms with Crippen molar-refractivity contribution in [2.75, 3.05) is 31.2 Å². The fraction of sp³-hybridized carbons (Fsp3) is 0.361. The quantitative estimate of drug-likeness (QED) is 0.168. The number of allylic oxidation sites excluding steroid dienone is 2. The number of ether oxygens (including phenoxy) is 2. The number of carbonyl (C=O) groups excluding carboxylic acids is 4. The molecule has 2 aliphatic heterocycles. The van der Waals surface area contributed by atoms with Crippen molar-refractivity contribution in [3.05, 3.63) is 81.2 Å². The van der Waals surface area contributed by atoms with E-state index in [1.807, 2.05) is 0 Å². The molecule has 3 heterocycles. The van der Waals surface area contributed by atoms with Crippen LogP contribution in [0.3, 0.4) is 0 Å². The zero-order chi connectivity index (χ0) is 38.5. The number of benzene rings is 2. The molecule has 6 atom stereocenters. The molecule has 7 rings (SSSR count). The first kappa shape index (κ1) is 36.5. The minimum atomic E-state index is -4.84. The fourth-order valence-electron chi connectivity index (χ4n) is 8.54. The third kappa shape index (κ3) is 5.33. The van der Waals surface area contributed by atoms with Gasteiger partial charge in [-0.3, -0.25) is 24.2 Å². The summed E-state index contributed by atoms with van der Waals surface area (Å²) in [4.78, 5) is 62.1. The third-order valence-electron chi connectivity index (χ3n) is 11.0. The van der Waals surface area contributed by atoms with Crippen LogP contribution >= 0.6 is 23.2 Å². The highest BCUT2D eigenvalue weighted by Crippen LogP contribution is 2.64. The van der Waals surface area contributed by atoms with Crippen molar-refractivity contribution in [1.82, 2.24) is 9.99 Å². The molecule has 0 radical (unpaired) electrons. The molecule has 1 aromatic heterocycles. The monoisotopic (exact) mass is 776 g/mol. The average molecular weight is 778 g/mol. The Morgan fingerprint density at radius 2 is 1.60 bits per heavy atom. The molecule has 17 heteroatoms. The number of halogens is 6. The van der Waals surface area contributed by atoms with Gasteiger partial charge in [0.15, 0.2) is 17.3 Å². The van der Waals surface area contributed by atoms with E-state index in [4.69, 9.17) is 32.7 Å². The second kappa shape index (κ2) is 12.6. The van der Waals surface area contributed by atoms with E-state index < -0.39 is 82.1 Å². The van der Waals surface area contributed by atoms with Gasteiger partial charge in [0.05, 0.1) is 53.1 Å². The first-order chi connectivity index (χ1) is 24.9. The number of fused-ring (bicyclic) bond motifs is 4. The summed E-state index contributed by atoms with van der Waals surface area (Å²) < 4.78 is 65.8. The summed E-state index contributed by atoms with van der Waals surface area (Å²) in [5, 5.41) is 11.8. The van der Waals surface area contributed by atoms with Gasteiger partial charge in [-0.25, -0.2) is 14.3 Å². The second-order valence-electron chi connectivity index (χ2n) is 13.5. The predicted octanol–water partition coefficient (Wildman–Crippen LogP) is 6.55. The molecule has 2 aromatic carbocycles. The standard InChI is InChI=1S/C36H30Cl2F4N4O7/c1-35-20(32(49)45(34(35)51)16-5-9-23(39)22(38)13-16)14-19-17(28(35)15-11-24(52-3)29(47)25(12-15)53-4)6-7-18-27(19)33(50)46(31(18)48)44(2)30-21(37)8-10-26(43-30)36(40,41)42/h5-6,8-13,18-20,27-28,47H,7,14H2,1-4H3/t18-,19+,20-,27-,28-,35+/m0/s1. The van der Waals surface area contributed by atoms with E-state index in [2.05, 4.69) is 4.98 Å². The first-order valence-corrected chi connectivity index (χ1v) is 17.0. The Morgan fingerprint density at radius 1 is 0.943 bits per heavy atom. The fourth-order valence-corrected chi connectivity index (χ4v) is 8.94. The van der Waals surface area contributed by atoms with E-state index in [0.29, 0.717) is 17.2 Å². The van der Waals surface area contributed by atoms with Crippen molar-refractivity contribution in [3.8, 4) is 17.2 Å². The molecule has 53 heavy (non-hydrogen) atoms. The summed E-state index contributed by atoms with van der Waals surface area (Å²) in [5.74, 6) is -9.24. The minimum absolute atomic E-state index is 0.000223. The number of nitrogens with zero attached hydrogens (tertiary/aromatic N) is 4. The van der Waals surface area contributed by atoms with Crippen molar-refractivity contribution in [2.24, 2.45) is 29.1 Å². The molecule has 2 saturated heterocycles. The number of rotatable bonds is 6. The number of hydrogen-bond acceptors (Lipinski definition) is 9. The number of aromatic nitrogens is 1. The lowest BCUT2D eigenvalue weighted by Crippen LogP contribution is -2.49. The predicted molar refractivity (Wildman–Crippen MR) is 182 cm³/mol. The number of amides is 4. The topological polar surface area (TPSA) is 130 Å². The normalized spacial score (nSPS) is 26.7. The van der Waals surface area contributed by atoms with Gasteiger partial charge in [0, 0.05) is 13.0 Å². The van der Waals surface area contributed by atoms with Gasteiger partial charge in [0.2, 0.25) is 17.6 Å². The van der Waals surface area contributed by atoms with E-state index >= 15 is 0 Å². The van der Waals surface area contributed by atoms with Crippen LogP contribution in [0.4, 0.5) is 29.1 Å². The zero-order valence-corrected chi connectivity index (χ0v) is 29.9. The maximum Gasteiger partial charge on any atom is 0.433 e. The second-order valence-corrected chi connectivity index (χ2v) is 14.4. The smallest absolute Gasteiger partial charge is 0.433 e. The Bertz CT molecular complexity index is 2120. The number of aromatic hydroxyl groups is 1. The van der Waals surface area contributed by atoms with Crippen LogP contribution < -0.4 is 19.4 Å². The number of hydrogen-bond donors (Lipinski definition) is 1. The SMILES string of the molecule is COc1cc([C@H]2C3=CC[C@@H]4C(=O)N(N(C)c5nc(C(F)(F)F)ccc5Cl)C(=O)[C@@H]4[C@@H]3C[C@H]3C(=O)N(c4ccc(F)c(Cl)c4)C(=O)[C@@]23C)cc(OC)c1O. The Balaban J connectivity index is 1.36. The molecule has 1 saturated carbocycles. The van der Waals surface area contributed by atoms with Gasteiger partial charge in [-0.2, -0.15) is 18.2 Å². The van der Waals surface area contributed by atoms with Crippen LogP contribution in [0.2, 0.25) is 10.0 Å². The number of imide groups is 2. The average Bonchev–Trinajstić information content (AvgIpc) is 3.48. The summed E-state index contributed by atoms with van der Waals surface area (Å²) in [6.45, 7) is 1.62. The van der Waals surface area contributed by atoms with Crippen LogP contribution in [-0.2, 0) is 25.4 Å². The number of methoxy groups -OCH3 is 2. The van der Waals surface area contributed by atoms with Gasteiger partial charge in [-0.15, -0.1) is 0 Å². The van der Waals surface area contributed by atoms with Crippen molar-refractivity contribution in [2.45, 2.75) is 31.9 Å². The van der Waals surface area contributed by atoms with Gasteiger partial charge >= 0.3 is 6.18 Å². The highest BCUT2D eigenvalue weighted by atomic mass is 35.5. The molecule has 4 amide bonds. The van der Waals surface area contributed by atoms with E-state index in [-0.39, 0.29) is 45.8 Å². The van der Waals surface area contributed by atoms with E-state index in [1.54, 1.807) is 13.0 Å². The lowest BCUT2D eigenvalue weighted by molar-refractivity contribution is -0.141. The van der Waals surface area contributed by atoms with Crippen molar-refractivity contribution >= 4 is 58.3 Å². The van der Waals surface area contributed by atoms with Crippen LogP contribution in [0.1, 0.15) is 36.9 Å². The maximum absolute atomic E-state index is 14.7. The molecule has 0 unspecified atom stereocenters. The van der Waals surface area contributed by atoms with Crippen molar-refractivity contribution in [1.29, 1.82) is 0 Å². The molecule has 4 aliphatic rings. The number of phenols is 1. The Labute approximate surface area is 309 Å².